The summed E-state index contributed by atoms with van der Waals surface area (Å²) < 4.78 is 10.4. The van der Waals surface area contributed by atoms with E-state index in [2.05, 4.69) is 5.32 Å². The van der Waals surface area contributed by atoms with E-state index in [1.807, 2.05) is 12.1 Å². The Bertz CT molecular complexity index is 671. The third kappa shape index (κ3) is 3.07. The molecule has 3 rings (SSSR count). The van der Waals surface area contributed by atoms with Crippen molar-refractivity contribution in [2.24, 2.45) is 5.41 Å². The quantitative estimate of drug-likeness (QED) is 0.633. The molecule has 1 aromatic carbocycles. The minimum absolute atomic E-state index is 0.242. The predicted octanol–water partition coefficient (Wildman–Crippen LogP) is 2.42. The Kier molecular flexibility index (Phi) is 5.23. The van der Waals surface area contributed by atoms with Crippen LogP contribution in [0.3, 0.4) is 0 Å². The van der Waals surface area contributed by atoms with E-state index in [0.717, 1.165) is 24.1 Å². The van der Waals surface area contributed by atoms with Gasteiger partial charge in [-0.15, -0.1) is 0 Å². The summed E-state index contributed by atoms with van der Waals surface area (Å²) in [4.78, 5) is 25.2. The lowest BCUT2D eigenvalue weighted by Crippen LogP contribution is -2.54. The first kappa shape index (κ1) is 18.7. The number of phenolic OH excluding ortho intramolecular Hbond substituents is 1. The van der Waals surface area contributed by atoms with Crippen molar-refractivity contribution < 1.29 is 24.2 Å². The maximum absolute atomic E-state index is 12.6. The average Bonchev–Trinajstić information content (AvgIpc) is 2.63. The van der Waals surface area contributed by atoms with Crippen molar-refractivity contribution in [3.63, 3.8) is 0 Å². The number of fused-ring (bicyclic) bond motifs is 2. The number of hydrogen-bond donors (Lipinski definition) is 2. The first-order valence-corrected chi connectivity index (χ1v) is 9.39. The maximum atomic E-state index is 12.6. The van der Waals surface area contributed by atoms with Gasteiger partial charge < -0.3 is 19.9 Å². The summed E-state index contributed by atoms with van der Waals surface area (Å²) >= 11 is 0. The van der Waals surface area contributed by atoms with Gasteiger partial charge in [0.05, 0.1) is 13.2 Å². The van der Waals surface area contributed by atoms with E-state index in [-0.39, 0.29) is 24.5 Å². The Labute approximate surface area is 153 Å². The van der Waals surface area contributed by atoms with Gasteiger partial charge in [-0.25, -0.2) is 0 Å². The van der Waals surface area contributed by atoms with Gasteiger partial charge in [0.15, 0.2) is 5.41 Å². The predicted molar refractivity (Wildman–Crippen MR) is 95.7 cm³/mol. The van der Waals surface area contributed by atoms with Crippen LogP contribution in [-0.2, 0) is 31.0 Å². The number of ether oxygens (including phenoxy) is 2. The van der Waals surface area contributed by atoms with E-state index in [9.17, 15) is 14.7 Å². The number of phenols is 1. The first-order valence-electron chi connectivity index (χ1n) is 9.39. The molecule has 142 valence electrons. The van der Waals surface area contributed by atoms with Crippen LogP contribution in [0.2, 0.25) is 0 Å². The number of nitrogens with one attached hydrogen (secondary N) is 1. The third-order valence-electron chi connectivity index (χ3n) is 5.75. The van der Waals surface area contributed by atoms with Gasteiger partial charge >= 0.3 is 11.9 Å². The molecule has 1 aromatic rings. The Morgan fingerprint density at radius 2 is 1.69 bits per heavy atom. The van der Waals surface area contributed by atoms with Crippen LogP contribution in [0.4, 0.5) is 0 Å². The molecule has 0 unspecified atom stereocenters. The molecular formula is C20H27NO5. The standard InChI is InChI=1S/C20H27NO5/c1-3-25-17(23)19(18(24)26-4-2)8-10-20(11-9-19)16-6-5-15(22)13-14(16)7-12-21-20/h5-6,13,21-22H,3-4,7-12H2,1-2H3. The normalized spacial score (nSPS) is 20.2. The summed E-state index contributed by atoms with van der Waals surface area (Å²) in [5.41, 5.74) is 0.795. The van der Waals surface area contributed by atoms with Crippen LogP contribution in [0, 0.1) is 5.41 Å². The topological polar surface area (TPSA) is 84.9 Å². The average molecular weight is 361 g/mol. The second kappa shape index (κ2) is 7.27. The zero-order valence-electron chi connectivity index (χ0n) is 15.5. The molecule has 0 radical (unpaired) electrons. The fourth-order valence-corrected chi connectivity index (χ4v) is 4.37. The highest BCUT2D eigenvalue weighted by Crippen LogP contribution is 2.49. The molecule has 0 amide bonds. The molecule has 2 aliphatic rings. The van der Waals surface area contributed by atoms with Gasteiger partial charge in [-0.05, 0) is 69.2 Å². The molecule has 0 bridgehead atoms. The van der Waals surface area contributed by atoms with Crippen molar-refractivity contribution in [2.45, 2.75) is 51.5 Å². The number of rotatable bonds is 4. The molecule has 1 fully saturated rings. The lowest BCUT2D eigenvalue weighted by atomic mass is 9.63. The van der Waals surface area contributed by atoms with Crippen molar-refractivity contribution in [3.05, 3.63) is 29.3 Å². The number of carbonyl (C=O) groups is 2. The smallest absolute Gasteiger partial charge is 0.323 e. The monoisotopic (exact) mass is 361 g/mol. The number of esters is 2. The van der Waals surface area contributed by atoms with Gasteiger partial charge in [-0.3, -0.25) is 9.59 Å². The van der Waals surface area contributed by atoms with Crippen molar-refractivity contribution in [1.82, 2.24) is 5.32 Å². The summed E-state index contributed by atoms with van der Waals surface area (Å²) in [7, 11) is 0. The number of aromatic hydroxyl groups is 1. The molecule has 1 spiro atoms. The van der Waals surface area contributed by atoms with Crippen molar-refractivity contribution >= 4 is 11.9 Å². The second-order valence-electron chi connectivity index (χ2n) is 7.12. The van der Waals surface area contributed by atoms with Gasteiger partial charge in [0.2, 0.25) is 0 Å². The Balaban J connectivity index is 1.89. The Morgan fingerprint density at radius 1 is 1.08 bits per heavy atom. The fourth-order valence-electron chi connectivity index (χ4n) is 4.37. The highest BCUT2D eigenvalue weighted by molar-refractivity contribution is 6.00. The summed E-state index contributed by atoms with van der Waals surface area (Å²) in [6.07, 6.45) is 2.91. The maximum Gasteiger partial charge on any atom is 0.323 e. The van der Waals surface area contributed by atoms with Crippen LogP contribution in [0.15, 0.2) is 18.2 Å². The molecule has 6 nitrogen and oxygen atoms in total. The van der Waals surface area contributed by atoms with Crippen molar-refractivity contribution in [1.29, 1.82) is 0 Å². The molecule has 0 aromatic heterocycles. The number of benzene rings is 1. The molecular weight excluding hydrogens is 334 g/mol. The van der Waals surface area contributed by atoms with E-state index < -0.39 is 17.4 Å². The molecule has 1 heterocycles. The fraction of sp³-hybridized carbons (Fsp3) is 0.600. The second-order valence-corrected chi connectivity index (χ2v) is 7.12. The lowest BCUT2D eigenvalue weighted by molar-refractivity contribution is -0.176. The summed E-state index contributed by atoms with van der Waals surface area (Å²) in [5.74, 6) is -0.686. The first-order chi connectivity index (χ1) is 12.5. The molecule has 1 saturated carbocycles. The van der Waals surface area contributed by atoms with Gasteiger partial charge in [0, 0.05) is 12.1 Å². The van der Waals surface area contributed by atoms with Crippen LogP contribution in [0.25, 0.3) is 0 Å². The minimum atomic E-state index is -1.21. The Hall–Kier alpha value is -2.08. The minimum Gasteiger partial charge on any atom is -0.508 e. The molecule has 2 N–H and O–H groups in total. The summed E-state index contributed by atoms with van der Waals surface area (Å²) in [6.45, 7) is 4.78. The van der Waals surface area contributed by atoms with Gasteiger partial charge in [0.1, 0.15) is 5.75 Å². The SMILES string of the molecule is CCOC(=O)C1(C(=O)OCC)CCC2(CC1)NCCc1cc(O)ccc12. The highest BCUT2D eigenvalue weighted by atomic mass is 16.6. The van der Waals surface area contributed by atoms with Crippen molar-refractivity contribution in [2.75, 3.05) is 19.8 Å². The zero-order valence-corrected chi connectivity index (χ0v) is 15.5. The van der Waals surface area contributed by atoms with Gasteiger partial charge in [-0.2, -0.15) is 0 Å². The summed E-state index contributed by atoms with van der Waals surface area (Å²) in [5, 5.41) is 13.4. The van der Waals surface area contributed by atoms with E-state index in [1.165, 1.54) is 0 Å². The largest absolute Gasteiger partial charge is 0.508 e. The number of hydrogen-bond acceptors (Lipinski definition) is 6. The van der Waals surface area contributed by atoms with E-state index in [1.54, 1.807) is 19.9 Å². The van der Waals surface area contributed by atoms with E-state index in [0.29, 0.717) is 25.7 Å². The summed E-state index contributed by atoms with van der Waals surface area (Å²) in [6, 6.07) is 5.47. The Morgan fingerprint density at radius 3 is 2.27 bits per heavy atom. The van der Waals surface area contributed by atoms with Crippen LogP contribution in [-0.4, -0.2) is 36.8 Å². The van der Waals surface area contributed by atoms with Gasteiger partial charge in [-0.1, -0.05) is 6.07 Å². The van der Waals surface area contributed by atoms with Crippen LogP contribution >= 0.6 is 0 Å². The van der Waals surface area contributed by atoms with Gasteiger partial charge in [0.25, 0.3) is 0 Å². The molecule has 6 heteroatoms. The van der Waals surface area contributed by atoms with E-state index in [4.69, 9.17) is 9.47 Å². The molecule has 0 saturated heterocycles. The molecule has 1 aliphatic heterocycles. The molecule has 1 aliphatic carbocycles. The van der Waals surface area contributed by atoms with Crippen molar-refractivity contribution in [3.8, 4) is 5.75 Å². The third-order valence-corrected chi connectivity index (χ3v) is 5.75. The van der Waals surface area contributed by atoms with Crippen LogP contribution in [0.1, 0.15) is 50.7 Å². The number of carbonyl (C=O) groups excluding carboxylic acids is 2. The van der Waals surface area contributed by atoms with E-state index >= 15 is 0 Å². The lowest BCUT2D eigenvalue weighted by Gasteiger charge is -2.47. The van der Waals surface area contributed by atoms with Crippen LogP contribution < -0.4 is 5.32 Å². The molecule has 26 heavy (non-hydrogen) atoms. The zero-order chi connectivity index (χ0) is 18.8. The van der Waals surface area contributed by atoms with Crippen LogP contribution in [0.5, 0.6) is 5.75 Å². The molecule has 0 atom stereocenters. The highest BCUT2D eigenvalue weighted by Gasteiger charge is 2.55.